The molecule has 1 aliphatic heterocycles. The van der Waals surface area contributed by atoms with E-state index in [1.165, 1.54) is 16.7 Å². The van der Waals surface area contributed by atoms with Gasteiger partial charge >= 0.3 is 0 Å². The third kappa shape index (κ3) is 5.49. The summed E-state index contributed by atoms with van der Waals surface area (Å²) in [5.74, 6) is 2.32. The first-order valence-electron chi connectivity index (χ1n) is 10.3. The van der Waals surface area contributed by atoms with Crippen molar-refractivity contribution < 1.29 is 14.2 Å². The van der Waals surface area contributed by atoms with Crippen LogP contribution in [-0.2, 0) is 4.74 Å². The Morgan fingerprint density at radius 2 is 1.68 bits per heavy atom. The number of methoxy groups -OCH3 is 1. The molecule has 1 saturated heterocycles. The van der Waals surface area contributed by atoms with Gasteiger partial charge in [-0.1, -0.05) is 32.0 Å². The second-order valence-corrected chi connectivity index (χ2v) is 7.80. The van der Waals surface area contributed by atoms with Crippen molar-refractivity contribution in [1.29, 1.82) is 0 Å². The summed E-state index contributed by atoms with van der Waals surface area (Å²) in [6.07, 6.45) is 0.954. The Labute approximate surface area is 169 Å². The van der Waals surface area contributed by atoms with Crippen LogP contribution in [0.5, 0.6) is 11.5 Å². The summed E-state index contributed by atoms with van der Waals surface area (Å²) in [7, 11) is 1.69. The van der Waals surface area contributed by atoms with Gasteiger partial charge in [-0.15, -0.1) is 0 Å². The van der Waals surface area contributed by atoms with Gasteiger partial charge in [0.1, 0.15) is 17.6 Å². The predicted octanol–water partition coefficient (Wildman–Crippen LogP) is 4.97. The molecule has 4 nitrogen and oxygen atoms in total. The number of hydrogen-bond donors (Lipinski definition) is 0. The Balaban J connectivity index is 1.75. The molecule has 0 radical (unpaired) electrons. The second kappa shape index (κ2) is 9.94. The molecular weight excluding hydrogens is 350 g/mol. The van der Waals surface area contributed by atoms with E-state index in [0.717, 1.165) is 50.8 Å². The molecule has 0 aliphatic carbocycles. The number of morpholine rings is 1. The number of benzene rings is 2. The maximum absolute atomic E-state index is 6.48. The third-order valence-electron chi connectivity index (χ3n) is 5.44. The van der Waals surface area contributed by atoms with E-state index < -0.39 is 0 Å². The van der Waals surface area contributed by atoms with E-state index in [1.54, 1.807) is 7.11 Å². The van der Waals surface area contributed by atoms with Crippen LogP contribution in [-0.4, -0.2) is 44.9 Å². The van der Waals surface area contributed by atoms with Crippen LogP contribution < -0.4 is 9.47 Å². The summed E-state index contributed by atoms with van der Waals surface area (Å²) < 4.78 is 17.3. The first-order chi connectivity index (χ1) is 13.6. The molecule has 1 unspecified atom stereocenters. The molecule has 0 spiro atoms. The standard InChI is InChI=1S/C24H33NO3/c1-18(2)23-10-9-22(17-19(23)3)28-24(11-12-25-13-15-27-16-14-25)20-5-7-21(26-4)8-6-20/h5-10,17-18,24H,11-16H2,1-4H3. The highest BCUT2D eigenvalue weighted by molar-refractivity contribution is 5.37. The average Bonchev–Trinajstić information content (AvgIpc) is 2.71. The van der Waals surface area contributed by atoms with E-state index in [-0.39, 0.29) is 6.10 Å². The van der Waals surface area contributed by atoms with Gasteiger partial charge in [-0.2, -0.15) is 0 Å². The maximum atomic E-state index is 6.48. The van der Waals surface area contributed by atoms with Crippen molar-refractivity contribution in [2.75, 3.05) is 40.0 Å². The highest BCUT2D eigenvalue weighted by Gasteiger charge is 2.18. The second-order valence-electron chi connectivity index (χ2n) is 7.80. The zero-order valence-electron chi connectivity index (χ0n) is 17.6. The van der Waals surface area contributed by atoms with Gasteiger partial charge in [0.2, 0.25) is 0 Å². The quantitative estimate of drug-likeness (QED) is 0.644. The number of ether oxygens (including phenoxy) is 3. The smallest absolute Gasteiger partial charge is 0.125 e. The van der Waals surface area contributed by atoms with Crippen LogP contribution in [0.25, 0.3) is 0 Å². The van der Waals surface area contributed by atoms with E-state index in [1.807, 2.05) is 12.1 Å². The van der Waals surface area contributed by atoms with E-state index in [4.69, 9.17) is 14.2 Å². The van der Waals surface area contributed by atoms with E-state index in [2.05, 4.69) is 56.0 Å². The van der Waals surface area contributed by atoms with Gasteiger partial charge in [-0.25, -0.2) is 0 Å². The number of aryl methyl sites for hydroxylation is 1. The molecule has 1 atom stereocenters. The van der Waals surface area contributed by atoms with Gasteiger partial charge in [0, 0.05) is 26.1 Å². The average molecular weight is 384 g/mol. The van der Waals surface area contributed by atoms with Crippen LogP contribution in [0, 0.1) is 6.92 Å². The van der Waals surface area contributed by atoms with Crippen molar-refractivity contribution in [2.24, 2.45) is 0 Å². The summed E-state index contributed by atoms with van der Waals surface area (Å²) >= 11 is 0. The highest BCUT2D eigenvalue weighted by Crippen LogP contribution is 2.30. The fourth-order valence-corrected chi connectivity index (χ4v) is 3.77. The van der Waals surface area contributed by atoms with E-state index in [0.29, 0.717) is 5.92 Å². The monoisotopic (exact) mass is 383 g/mol. The fraction of sp³-hybridized carbons (Fsp3) is 0.500. The molecule has 4 heteroatoms. The Hall–Kier alpha value is -2.04. The molecule has 1 fully saturated rings. The highest BCUT2D eigenvalue weighted by atomic mass is 16.5. The molecule has 2 aromatic rings. The van der Waals surface area contributed by atoms with Crippen LogP contribution in [0.1, 0.15) is 49.0 Å². The Morgan fingerprint density at radius 1 is 1.00 bits per heavy atom. The molecule has 0 saturated carbocycles. The van der Waals surface area contributed by atoms with Gasteiger partial charge in [0.05, 0.1) is 20.3 Å². The fourth-order valence-electron chi connectivity index (χ4n) is 3.77. The summed E-state index contributed by atoms with van der Waals surface area (Å²) in [5, 5.41) is 0. The lowest BCUT2D eigenvalue weighted by Gasteiger charge is -2.29. The minimum Gasteiger partial charge on any atom is -0.497 e. The number of hydrogen-bond acceptors (Lipinski definition) is 4. The Kier molecular flexibility index (Phi) is 7.35. The number of nitrogens with zero attached hydrogens (tertiary/aromatic N) is 1. The van der Waals surface area contributed by atoms with Gasteiger partial charge in [0.25, 0.3) is 0 Å². The first-order valence-corrected chi connectivity index (χ1v) is 10.3. The lowest BCUT2D eigenvalue weighted by atomic mass is 9.98. The molecule has 1 heterocycles. The number of rotatable bonds is 8. The van der Waals surface area contributed by atoms with Gasteiger partial charge < -0.3 is 14.2 Å². The lowest BCUT2D eigenvalue weighted by Crippen LogP contribution is -2.37. The van der Waals surface area contributed by atoms with Crippen molar-refractivity contribution >= 4 is 0 Å². The van der Waals surface area contributed by atoms with Gasteiger partial charge in [-0.3, -0.25) is 4.90 Å². The van der Waals surface area contributed by atoms with Gasteiger partial charge in [-0.05, 0) is 53.8 Å². The van der Waals surface area contributed by atoms with Crippen molar-refractivity contribution in [1.82, 2.24) is 4.90 Å². The summed E-state index contributed by atoms with van der Waals surface area (Å²) in [6.45, 7) is 11.3. The zero-order chi connectivity index (χ0) is 19.9. The SMILES string of the molecule is COc1ccc(C(CCN2CCOCC2)Oc2ccc(C(C)C)c(C)c2)cc1. The van der Waals surface area contributed by atoms with Crippen LogP contribution in [0.4, 0.5) is 0 Å². The molecule has 0 bridgehead atoms. The topological polar surface area (TPSA) is 30.9 Å². The molecule has 152 valence electrons. The molecular formula is C24H33NO3. The molecule has 1 aliphatic rings. The van der Waals surface area contributed by atoms with Gasteiger partial charge in [0.15, 0.2) is 0 Å². The Bertz CT molecular complexity index is 736. The lowest BCUT2D eigenvalue weighted by molar-refractivity contribution is 0.0317. The van der Waals surface area contributed by atoms with Crippen molar-refractivity contribution in [3.8, 4) is 11.5 Å². The minimum absolute atomic E-state index is 0.0121. The summed E-state index contributed by atoms with van der Waals surface area (Å²) in [5.41, 5.74) is 3.84. The van der Waals surface area contributed by atoms with E-state index in [9.17, 15) is 0 Å². The van der Waals surface area contributed by atoms with Crippen molar-refractivity contribution in [2.45, 2.75) is 39.2 Å². The molecule has 0 N–H and O–H groups in total. The largest absolute Gasteiger partial charge is 0.497 e. The molecule has 0 aromatic heterocycles. The van der Waals surface area contributed by atoms with Crippen LogP contribution >= 0.6 is 0 Å². The zero-order valence-corrected chi connectivity index (χ0v) is 17.6. The molecule has 28 heavy (non-hydrogen) atoms. The van der Waals surface area contributed by atoms with Crippen LogP contribution in [0.2, 0.25) is 0 Å². The van der Waals surface area contributed by atoms with Crippen molar-refractivity contribution in [3.63, 3.8) is 0 Å². The Morgan fingerprint density at radius 3 is 2.29 bits per heavy atom. The van der Waals surface area contributed by atoms with E-state index >= 15 is 0 Å². The molecule has 3 rings (SSSR count). The third-order valence-corrected chi connectivity index (χ3v) is 5.44. The minimum atomic E-state index is 0.0121. The molecule has 2 aromatic carbocycles. The predicted molar refractivity (Wildman–Crippen MR) is 114 cm³/mol. The first kappa shape index (κ1) is 20.7. The molecule has 0 amide bonds. The maximum Gasteiger partial charge on any atom is 0.125 e. The van der Waals surface area contributed by atoms with Crippen LogP contribution in [0.15, 0.2) is 42.5 Å². The summed E-state index contributed by atoms with van der Waals surface area (Å²) in [4.78, 5) is 2.45. The summed E-state index contributed by atoms with van der Waals surface area (Å²) in [6, 6.07) is 14.7. The van der Waals surface area contributed by atoms with Crippen LogP contribution in [0.3, 0.4) is 0 Å². The van der Waals surface area contributed by atoms with Crippen molar-refractivity contribution in [3.05, 3.63) is 59.2 Å². The normalized spacial score (nSPS) is 16.2.